The van der Waals surface area contributed by atoms with Gasteiger partial charge in [0, 0.05) is 24.3 Å². The highest BCUT2D eigenvalue weighted by Gasteiger charge is 2.53. The first-order chi connectivity index (χ1) is 8.68. The van der Waals surface area contributed by atoms with Gasteiger partial charge in [-0.1, -0.05) is 0 Å². The maximum Gasteiger partial charge on any atom is 0.156 e. The number of anilines is 1. The normalized spacial score (nSPS) is 37.3. The van der Waals surface area contributed by atoms with Crippen molar-refractivity contribution >= 4 is 5.69 Å². The molecule has 1 aromatic carbocycles. The van der Waals surface area contributed by atoms with Crippen LogP contribution < -0.4 is 4.90 Å². The Morgan fingerprint density at radius 2 is 2.11 bits per heavy atom. The van der Waals surface area contributed by atoms with Gasteiger partial charge in [0.2, 0.25) is 0 Å². The second-order valence-corrected chi connectivity index (χ2v) is 5.46. The van der Waals surface area contributed by atoms with E-state index in [1.165, 1.54) is 6.07 Å². The molecule has 0 radical (unpaired) electrons. The van der Waals surface area contributed by atoms with Crippen LogP contribution in [0.5, 0.6) is 0 Å². The Kier molecular flexibility index (Phi) is 2.07. The number of hydrogen-bond acceptors (Lipinski definition) is 3. The fraction of sp³-hybridized carbons (Fsp3) is 0.571. The summed E-state index contributed by atoms with van der Waals surface area (Å²) in [7, 11) is 0. The van der Waals surface area contributed by atoms with Crippen LogP contribution in [0.25, 0.3) is 0 Å². The first kappa shape index (κ1) is 10.8. The third kappa shape index (κ3) is 1.30. The number of piperidine rings is 1. The molecule has 0 amide bonds. The van der Waals surface area contributed by atoms with Crippen LogP contribution in [0, 0.1) is 5.82 Å². The minimum absolute atomic E-state index is 0.120. The Balaban J connectivity index is 1.92. The molecule has 0 N–H and O–H groups in total. The smallest absolute Gasteiger partial charge is 0.156 e. The summed E-state index contributed by atoms with van der Waals surface area (Å²) in [6.45, 7) is 3.85. The zero-order valence-corrected chi connectivity index (χ0v) is 10.4. The minimum Gasteiger partial charge on any atom is -0.371 e. The van der Waals surface area contributed by atoms with Gasteiger partial charge in [0.05, 0.1) is 0 Å². The summed E-state index contributed by atoms with van der Waals surface area (Å²) in [6, 6.07) is 5.02. The van der Waals surface area contributed by atoms with Crippen molar-refractivity contribution in [1.82, 2.24) is 0 Å². The molecule has 96 valence electrons. The van der Waals surface area contributed by atoms with E-state index in [2.05, 4.69) is 4.90 Å². The van der Waals surface area contributed by atoms with Gasteiger partial charge >= 0.3 is 0 Å². The van der Waals surface area contributed by atoms with E-state index in [4.69, 9.17) is 9.47 Å². The second kappa shape index (κ2) is 3.45. The van der Waals surface area contributed by atoms with Gasteiger partial charge in [0.25, 0.3) is 0 Å². The van der Waals surface area contributed by atoms with Crippen LogP contribution >= 0.6 is 0 Å². The molecule has 0 aliphatic carbocycles. The lowest BCUT2D eigenvalue weighted by Crippen LogP contribution is -2.44. The number of nitrogens with zero attached hydrogens (tertiary/aromatic N) is 1. The molecule has 4 heterocycles. The molecule has 4 heteroatoms. The largest absolute Gasteiger partial charge is 0.371 e. The Bertz CT molecular complexity index is 497. The van der Waals surface area contributed by atoms with Crippen LogP contribution in [-0.4, -0.2) is 25.0 Å². The van der Waals surface area contributed by atoms with E-state index in [0.29, 0.717) is 0 Å². The van der Waals surface area contributed by atoms with Gasteiger partial charge in [-0.3, -0.25) is 0 Å². The molecule has 18 heavy (non-hydrogen) atoms. The Morgan fingerprint density at radius 1 is 1.33 bits per heavy atom. The number of ether oxygens (including phenoxy) is 2. The highest BCUT2D eigenvalue weighted by molar-refractivity contribution is 5.58. The summed E-state index contributed by atoms with van der Waals surface area (Å²) in [5.41, 5.74) is 1.82. The van der Waals surface area contributed by atoms with Gasteiger partial charge in [0.1, 0.15) is 17.5 Å². The third-order valence-electron chi connectivity index (χ3n) is 4.43. The predicted molar refractivity (Wildman–Crippen MR) is 65.0 cm³/mol. The SMILES string of the molecule is CC1OC2c3cc(F)ccc3N3CCC2(CC3)O1. The van der Waals surface area contributed by atoms with E-state index >= 15 is 0 Å². The fourth-order valence-corrected chi connectivity index (χ4v) is 3.62. The summed E-state index contributed by atoms with van der Waals surface area (Å²) in [6.07, 6.45) is 1.60. The molecule has 1 aromatic rings. The number of fused-ring (bicyclic) bond motifs is 2. The molecule has 3 nitrogen and oxygen atoms in total. The lowest BCUT2D eigenvalue weighted by atomic mass is 9.85. The van der Waals surface area contributed by atoms with Crippen molar-refractivity contribution in [2.45, 2.75) is 37.8 Å². The van der Waals surface area contributed by atoms with Crippen molar-refractivity contribution in [3.05, 3.63) is 29.6 Å². The van der Waals surface area contributed by atoms with Crippen LogP contribution in [0.1, 0.15) is 31.4 Å². The van der Waals surface area contributed by atoms with Gasteiger partial charge in [-0.15, -0.1) is 0 Å². The quantitative estimate of drug-likeness (QED) is 0.705. The van der Waals surface area contributed by atoms with Crippen LogP contribution in [0.15, 0.2) is 18.2 Å². The van der Waals surface area contributed by atoms with Crippen molar-refractivity contribution in [2.75, 3.05) is 18.0 Å². The Hall–Kier alpha value is -1.13. The summed E-state index contributed by atoms with van der Waals surface area (Å²) >= 11 is 0. The monoisotopic (exact) mass is 249 g/mol. The van der Waals surface area contributed by atoms with Gasteiger partial charge < -0.3 is 14.4 Å². The third-order valence-corrected chi connectivity index (χ3v) is 4.43. The average Bonchev–Trinajstić information content (AvgIpc) is 2.56. The zero-order chi connectivity index (χ0) is 12.3. The van der Waals surface area contributed by atoms with Crippen molar-refractivity contribution in [2.24, 2.45) is 0 Å². The molecule has 4 aliphatic heterocycles. The summed E-state index contributed by atoms with van der Waals surface area (Å²) in [5.74, 6) is -0.199. The van der Waals surface area contributed by atoms with Crippen LogP contribution in [-0.2, 0) is 9.47 Å². The molecule has 0 saturated carbocycles. The van der Waals surface area contributed by atoms with Crippen molar-refractivity contribution < 1.29 is 13.9 Å². The minimum atomic E-state index is -0.241. The van der Waals surface area contributed by atoms with E-state index in [0.717, 1.165) is 37.2 Å². The topological polar surface area (TPSA) is 21.7 Å². The zero-order valence-electron chi connectivity index (χ0n) is 10.4. The molecule has 2 fully saturated rings. The molecular weight excluding hydrogens is 233 g/mol. The van der Waals surface area contributed by atoms with Crippen molar-refractivity contribution in [3.8, 4) is 0 Å². The van der Waals surface area contributed by atoms with E-state index in [1.807, 2.05) is 13.0 Å². The molecule has 2 unspecified atom stereocenters. The molecule has 4 aliphatic rings. The summed E-state index contributed by atoms with van der Waals surface area (Å²) in [5, 5.41) is 0. The van der Waals surface area contributed by atoms with Gasteiger partial charge in [-0.25, -0.2) is 4.39 Å². The van der Waals surface area contributed by atoms with Gasteiger partial charge in [0.15, 0.2) is 6.29 Å². The molecule has 2 saturated heterocycles. The average molecular weight is 249 g/mol. The standard InChI is InChI=1S/C14H16FNO2/c1-9-17-13-11-8-10(15)2-3-12(11)16-6-4-14(13,18-9)5-7-16/h2-3,8-9,13H,4-7H2,1H3. The van der Waals surface area contributed by atoms with E-state index in [1.54, 1.807) is 6.07 Å². The molecule has 2 bridgehead atoms. The first-order valence-corrected chi connectivity index (χ1v) is 6.56. The number of rotatable bonds is 0. The predicted octanol–water partition coefficient (Wildman–Crippen LogP) is 2.61. The number of hydrogen-bond donors (Lipinski definition) is 0. The Labute approximate surface area is 105 Å². The molecule has 1 spiro atoms. The maximum atomic E-state index is 13.5. The van der Waals surface area contributed by atoms with Crippen molar-refractivity contribution in [1.29, 1.82) is 0 Å². The number of benzene rings is 1. The van der Waals surface area contributed by atoms with Crippen LogP contribution in [0.4, 0.5) is 10.1 Å². The summed E-state index contributed by atoms with van der Waals surface area (Å²) in [4.78, 5) is 2.32. The van der Waals surface area contributed by atoms with Crippen LogP contribution in [0.3, 0.4) is 0 Å². The molecule has 5 rings (SSSR count). The molecule has 2 atom stereocenters. The van der Waals surface area contributed by atoms with Gasteiger partial charge in [-0.2, -0.15) is 0 Å². The first-order valence-electron chi connectivity index (χ1n) is 6.56. The highest BCUT2D eigenvalue weighted by atomic mass is 19.1. The van der Waals surface area contributed by atoms with E-state index in [9.17, 15) is 4.39 Å². The highest BCUT2D eigenvalue weighted by Crippen LogP contribution is 2.52. The lowest BCUT2D eigenvalue weighted by molar-refractivity contribution is -0.0842. The fourth-order valence-electron chi connectivity index (χ4n) is 3.62. The molecular formula is C14H16FNO2. The number of halogens is 1. The van der Waals surface area contributed by atoms with Crippen LogP contribution in [0.2, 0.25) is 0 Å². The van der Waals surface area contributed by atoms with E-state index in [-0.39, 0.29) is 23.8 Å². The van der Waals surface area contributed by atoms with Gasteiger partial charge in [-0.05, 0) is 38.0 Å². The second-order valence-electron chi connectivity index (χ2n) is 5.46. The van der Waals surface area contributed by atoms with E-state index < -0.39 is 0 Å². The lowest BCUT2D eigenvalue weighted by Gasteiger charge is -2.37. The summed E-state index contributed by atoms with van der Waals surface area (Å²) < 4.78 is 25.5. The maximum absolute atomic E-state index is 13.5. The molecule has 0 aromatic heterocycles. The Morgan fingerprint density at radius 3 is 2.89 bits per heavy atom. The van der Waals surface area contributed by atoms with Crippen molar-refractivity contribution in [3.63, 3.8) is 0 Å².